The van der Waals surface area contributed by atoms with E-state index in [0.717, 1.165) is 25.9 Å². The van der Waals surface area contributed by atoms with Gasteiger partial charge in [-0.1, -0.05) is 0 Å². The molecule has 0 unspecified atom stereocenters. The largest absolute Gasteiger partial charge is 0.447 e. The van der Waals surface area contributed by atoms with Gasteiger partial charge in [0.25, 0.3) is 0 Å². The van der Waals surface area contributed by atoms with Gasteiger partial charge in [0, 0.05) is 25.6 Å². The van der Waals surface area contributed by atoms with Crippen LogP contribution in [0.25, 0.3) is 0 Å². The fraction of sp³-hybridized carbons (Fsp3) is 0.938. The summed E-state index contributed by atoms with van der Waals surface area (Å²) < 4.78 is 26.0. The maximum Gasteiger partial charge on any atom is 0.407 e. The third-order valence-electron chi connectivity index (χ3n) is 2.91. The molecule has 0 fully saturated rings. The van der Waals surface area contributed by atoms with E-state index in [2.05, 4.69) is 5.32 Å². The van der Waals surface area contributed by atoms with Crippen LogP contribution in [0, 0.1) is 0 Å². The number of unbranched alkanes of at least 4 members (excludes halogenated alkanes) is 2. The van der Waals surface area contributed by atoms with Crippen molar-refractivity contribution in [1.82, 2.24) is 5.32 Å². The molecule has 0 saturated heterocycles. The first kappa shape index (κ1) is 24.4. The van der Waals surface area contributed by atoms with Crippen molar-refractivity contribution in [2.45, 2.75) is 19.3 Å². The van der Waals surface area contributed by atoms with Gasteiger partial charge in [0.1, 0.15) is 6.61 Å². The number of alkyl halides is 1. The number of carbonyl (C=O) groups is 1. The van der Waals surface area contributed by atoms with E-state index < -0.39 is 6.09 Å². The Hall–Kier alpha value is -0.640. The van der Waals surface area contributed by atoms with Crippen molar-refractivity contribution >= 4 is 17.7 Å². The molecule has 0 aliphatic heterocycles. The molecule has 25 heavy (non-hydrogen) atoms. The van der Waals surface area contributed by atoms with Crippen LogP contribution in [0.1, 0.15) is 19.3 Å². The lowest BCUT2D eigenvalue weighted by Crippen LogP contribution is -2.29. The van der Waals surface area contributed by atoms with Gasteiger partial charge in [-0.05, 0) is 19.3 Å². The normalized spacial score (nSPS) is 10.8. The number of halogens is 1. The molecule has 0 heterocycles. The SMILES string of the molecule is NCCOCCOCCOC(=O)NCCOCCOCCCCCCl. The molecule has 0 bridgehead atoms. The van der Waals surface area contributed by atoms with Crippen LogP contribution in [0.3, 0.4) is 0 Å². The predicted octanol–water partition coefficient (Wildman–Crippen LogP) is 1.15. The highest BCUT2D eigenvalue weighted by Crippen LogP contribution is 1.97. The van der Waals surface area contributed by atoms with Gasteiger partial charge in [0.15, 0.2) is 0 Å². The Labute approximate surface area is 155 Å². The van der Waals surface area contributed by atoms with Crippen molar-refractivity contribution in [2.24, 2.45) is 5.73 Å². The highest BCUT2D eigenvalue weighted by atomic mass is 35.5. The fourth-order valence-corrected chi connectivity index (χ4v) is 1.86. The van der Waals surface area contributed by atoms with Gasteiger partial charge in [-0.3, -0.25) is 0 Å². The van der Waals surface area contributed by atoms with Crippen LogP contribution in [-0.4, -0.2) is 84.5 Å². The minimum Gasteiger partial charge on any atom is -0.447 e. The number of carbonyl (C=O) groups excluding carboxylic acids is 1. The summed E-state index contributed by atoms with van der Waals surface area (Å²) in [7, 11) is 0. The number of alkyl carbamates (subject to hydrolysis) is 1. The van der Waals surface area contributed by atoms with Crippen LogP contribution < -0.4 is 11.1 Å². The van der Waals surface area contributed by atoms with E-state index in [1.165, 1.54) is 0 Å². The van der Waals surface area contributed by atoms with Crippen LogP contribution in [0.15, 0.2) is 0 Å². The minimum atomic E-state index is -0.484. The summed E-state index contributed by atoms with van der Waals surface area (Å²) >= 11 is 5.58. The lowest BCUT2D eigenvalue weighted by Gasteiger charge is -2.08. The van der Waals surface area contributed by atoms with Crippen molar-refractivity contribution < 1.29 is 28.5 Å². The average Bonchev–Trinajstić information content (AvgIpc) is 2.62. The Bertz CT molecular complexity index is 287. The molecule has 0 saturated carbocycles. The zero-order valence-electron chi connectivity index (χ0n) is 15.0. The van der Waals surface area contributed by atoms with Gasteiger partial charge in [-0.2, -0.15) is 0 Å². The van der Waals surface area contributed by atoms with Crippen molar-refractivity contribution in [1.29, 1.82) is 0 Å². The molecule has 0 rings (SSSR count). The highest BCUT2D eigenvalue weighted by molar-refractivity contribution is 6.17. The van der Waals surface area contributed by atoms with Crippen LogP contribution in [0.2, 0.25) is 0 Å². The number of ether oxygens (including phenoxy) is 5. The number of nitrogens with one attached hydrogen (secondary N) is 1. The molecule has 0 atom stereocenters. The fourth-order valence-electron chi connectivity index (χ4n) is 1.67. The molecule has 150 valence electrons. The molecule has 0 radical (unpaired) electrons. The number of hydrogen-bond donors (Lipinski definition) is 2. The van der Waals surface area contributed by atoms with Crippen molar-refractivity contribution in [3.8, 4) is 0 Å². The summed E-state index contributed by atoms with van der Waals surface area (Å²) in [5.74, 6) is 0.704. The first-order chi connectivity index (χ1) is 12.3. The third-order valence-corrected chi connectivity index (χ3v) is 3.17. The summed E-state index contributed by atoms with van der Waals surface area (Å²) in [6.07, 6.45) is 2.65. The van der Waals surface area contributed by atoms with E-state index in [9.17, 15) is 4.79 Å². The van der Waals surface area contributed by atoms with Gasteiger partial charge >= 0.3 is 6.09 Å². The number of hydrogen-bond acceptors (Lipinski definition) is 7. The summed E-state index contributed by atoms with van der Waals surface area (Å²) in [6, 6.07) is 0. The van der Waals surface area contributed by atoms with Crippen LogP contribution in [0.4, 0.5) is 4.79 Å². The third kappa shape index (κ3) is 21.3. The quantitative estimate of drug-likeness (QED) is 0.254. The van der Waals surface area contributed by atoms with E-state index in [1.807, 2.05) is 0 Å². The summed E-state index contributed by atoms with van der Waals surface area (Å²) in [4.78, 5) is 11.4. The Morgan fingerprint density at radius 3 is 2.04 bits per heavy atom. The van der Waals surface area contributed by atoms with Gasteiger partial charge < -0.3 is 34.7 Å². The Balaban J connectivity index is 3.13. The molecule has 0 aliphatic carbocycles. The van der Waals surface area contributed by atoms with Crippen LogP contribution in [0.5, 0.6) is 0 Å². The van der Waals surface area contributed by atoms with Crippen molar-refractivity contribution in [2.75, 3.05) is 78.4 Å². The zero-order valence-corrected chi connectivity index (χ0v) is 15.8. The lowest BCUT2D eigenvalue weighted by molar-refractivity contribution is 0.0288. The number of amides is 1. The molecule has 0 aliphatic rings. The van der Waals surface area contributed by atoms with Crippen molar-refractivity contribution in [3.63, 3.8) is 0 Å². The molecule has 0 aromatic heterocycles. The van der Waals surface area contributed by atoms with Gasteiger partial charge in [0.2, 0.25) is 0 Å². The standard InChI is InChI=1S/C16H33ClN2O6/c17-4-2-1-3-7-21-10-12-23-9-6-19-16(20)25-15-14-24-13-11-22-8-5-18/h1-15,18H2,(H,19,20). The minimum absolute atomic E-state index is 0.196. The predicted molar refractivity (Wildman–Crippen MR) is 96.3 cm³/mol. The maximum absolute atomic E-state index is 11.4. The van der Waals surface area contributed by atoms with Crippen LogP contribution >= 0.6 is 11.6 Å². The van der Waals surface area contributed by atoms with Crippen molar-refractivity contribution in [3.05, 3.63) is 0 Å². The second-order valence-electron chi connectivity index (χ2n) is 5.05. The number of nitrogens with two attached hydrogens (primary N) is 1. The molecule has 1 amide bonds. The van der Waals surface area contributed by atoms with E-state index in [4.69, 9.17) is 41.0 Å². The first-order valence-electron chi connectivity index (χ1n) is 8.79. The maximum atomic E-state index is 11.4. The van der Waals surface area contributed by atoms with Crippen LogP contribution in [-0.2, 0) is 23.7 Å². The summed E-state index contributed by atoms with van der Waals surface area (Å²) in [5.41, 5.74) is 5.28. The monoisotopic (exact) mass is 384 g/mol. The van der Waals surface area contributed by atoms with E-state index in [-0.39, 0.29) is 6.61 Å². The Morgan fingerprint density at radius 2 is 1.36 bits per heavy atom. The smallest absolute Gasteiger partial charge is 0.407 e. The second-order valence-corrected chi connectivity index (χ2v) is 5.43. The zero-order chi connectivity index (χ0) is 18.4. The first-order valence-corrected chi connectivity index (χ1v) is 9.32. The number of rotatable bonds is 19. The molecule has 0 spiro atoms. The highest BCUT2D eigenvalue weighted by Gasteiger charge is 2.00. The topological polar surface area (TPSA) is 101 Å². The van der Waals surface area contributed by atoms with E-state index in [1.54, 1.807) is 0 Å². The molecule has 3 N–H and O–H groups in total. The Kier molecular flexibility index (Phi) is 20.9. The van der Waals surface area contributed by atoms with E-state index >= 15 is 0 Å². The Morgan fingerprint density at radius 1 is 0.760 bits per heavy atom. The molecule has 9 heteroatoms. The van der Waals surface area contributed by atoms with Gasteiger partial charge in [0.05, 0.1) is 46.2 Å². The molecule has 8 nitrogen and oxygen atoms in total. The average molecular weight is 385 g/mol. The molecule has 0 aromatic carbocycles. The molecular weight excluding hydrogens is 352 g/mol. The summed E-state index contributed by atoms with van der Waals surface area (Å²) in [5, 5.41) is 2.59. The summed E-state index contributed by atoms with van der Waals surface area (Å²) in [6.45, 7) is 5.07. The van der Waals surface area contributed by atoms with E-state index in [0.29, 0.717) is 65.2 Å². The van der Waals surface area contributed by atoms with Gasteiger partial charge in [-0.15, -0.1) is 11.6 Å². The second kappa shape index (κ2) is 21.4. The lowest BCUT2D eigenvalue weighted by atomic mass is 10.3. The molecular formula is C16H33ClN2O6. The molecule has 0 aromatic rings. The van der Waals surface area contributed by atoms with Gasteiger partial charge in [-0.25, -0.2) is 4.79 Å².